The van der Waals surface area contributed by atoms with E-state index in [-0.39, 0.29) is 23.6 Å². The topological polar surface area (TPSA) is 118 Å². The number of methoxy groups -OCH3 is 1. The molecule has 2 aromatic rings. The molecule has 10 nitrogen and oxygen atoms in total. The first-order valence-electron chi connectivity index (χ1n) is 8.58. The summed E-state index contributed by atoms with van der Waals surface area (Å²) in [6, 6.07) is 1.75. The summed E-state index contributed by atoms with van der Waals surface area (Å²) in [6.45, 7) is 3.89. The predicted octanol–water partition coefficient (Wildman–Crippen LogP) is -0.00938. The molecule has 2 aromatic heterocycles. The third-order valence-electron chi connectivity index (χ3n) is 4.32. The highest BCUT2D eigenvalue weighted by molar-refractivity contribution is 5.93. The van der Waals surface area contributed by atoms with Gasteiger partial charge in [0.1, 0.15) is 5.69 Å². The number of ether oxygens (including phenoxy) is 1. The fourth-order valence-electron chi connectivity index (χ4n) is 3.03. The minimum atomic E-state index is -0.292. The number of rotatable bonds is 7. The van der Waals surface area contributed by atoms with E-state index in [4.69, 9.17) is 4.74 Å². The average Bonchev–Trinajstić information content (AvgIpc) is 3.36. The van der Waals surface area contributed by atoms with E-state index >= 15 is 0 Å². The molecule has 0 aliphatic carbocycles. The van der Waals surface area contributed by atoms with Crippen molar-refractivity contribution in [1.82, 2.24) is 35.4 Å². The zero-order valence-electron chi connectivity index (χ0n) is 14.9. The Hall–Kier alpha value is -2.75. The van der Waals surface area contributed by atoms with Crippen LogP contribution in [0.3, 0.4) is 0 Å². The Morgan fingerprint density at radius 1 is 1.42 bits per heavy atom. The molecule has 3 heterocycles. The second kappa shape index (κ2) is 8.09. The first kappa shape index (κ1) is 18.1. The van der Waals surface area contributed by atoms with Gasteiger partial charge in [-0.1, -0.05) is 5.21 Å². The Morgan fingerprint density at radius 3 is 3.00 bits per heavy atom. The van der Waals surface area contributed by atoms with Crippen LogP contribution in [-0.4, -0.2) is 74.8 Å². The Labute approximate surface area is 150 Å². The number of aromatic amines is 1. The van der Waals surface area contributed by atoms with Crippen LogP contribution in [0, 0.1) is 6.92 Å². The van der Waals surface area contributed by atoms with Gasteiger partial charge in [-0.3, -0.25) is 14.7 Å². The Morgan fingerprint density at radius 2 is 2.27 bits per heavy atom. The average molecular weight is 361 g/mol. The molecule has 1 aliphatic heterocycles. The number of aryl methyl sites for hydroxylation is 1. The fraction of sp³-hybridized carbons (Fsp3) is 0.562. The molecule has 0 aromatic carbocycles. The van der Waals surface area contributed by atoms with Crippen LogP contribution in [0.5, 0.6) is 0 Å². The van der Waals surface area contributed by atoms with Crippen LogP contribution in [0.2, 0.25) is 0 Å². The van der Waals surface area contributed by atoms with Crippen molar-refractivity contribution in [3.63, 3.8) is 0 Å². The SMILES string of the molecule is COCCNC(=O)c1cn(C[C@@H]2CCCN2C(=O)c2cc(C)[nH]n2)nn1. The van der Waals surface area contributed by atoms with E-state index < -0.39 is 0 Å². The highest BCUT2D eigenvalue weighted by atomic mass is 16.5. The molecule has 2 amide bonds. The monoisotopic (exact) mass is 361 g/mol. The number of hydrogen-bond acceptors (Lipinski definition) is 6. The summed E-state index contributed by atoms with van der Waals surface area (Å²) >= 11 is 0. The number of likely N-dealkylation sites (tertiary alicyclic amines) is 1. The molecule has 0 saturated carbocycles. The minimum Gasteiger partial charge on any atom is -0.383 e. The maximum Gasteiger partial charge on any atom is 0.274 e. The van der Waals surface area contributed by atoms with Crippen molar-refractivity contribution < 1.29 is 14.3 Å². The summed E-state index contributed by atoms with van der Waals surface area (Å²) in [5.41, 5.74) is 1.52. The second-order valence-electron chi connectivity index (χ2n) is 6.31. The summed E-state index contributed by atoms with van der Waals surface area (Å²) in [4.78, 5) is 26.4. The molecule has 0 bridgehead atoms. The van der Waals surface area contributed by atoms with E-state index in [1.165, 1.54) is 0 Å². The summed E-state index contributed by atoms with van der Waals surface area (Å²) in [7, 11) is 1.57. The lowest BCUT2D eigenvalue weighted by Gasteiger charge is -2.23. The molecule has 140 valence electrons. The number of carbonyl (C=O) groups excluding carboxylic acids is 2. The zero-order chi connectivity index (χ0) is 18.5. The Kier molecular flexibility index (Phi) is 5.61. The van der Waals surface area contributed by atoms with Gasteiger partial charge in [0, 0.05) is 25.9 Å². The Bertz CT molecular complexity index is 769. The van der Waals surface area contributed by atoms with Gasteiger partial charge in [0.25, 0.3) is 11.8 Å². The van der Waals surface area contributed by atoms with Crippen LogP contribution in [-0.2, 0) is 11.3 Å². The van der Waals surface area contributed by atoms with Crippen LogP contribution in [0.25, 0.3) is 0 Å². The lowest BCUT2D eigenvalue weighted by molar-refractivity contribution is 0.0714. The lowest BCUT2D eigenvalue weighted by Crippen LogP contribution is -2.38. The van der Waals surface area contributed by atoms with Crippen LogP contribution in [0.15, 0.2) is 12.3 Å². The van der Waals surface area contributed by atoms with Crippen molar-refractivity contribution in [2.45, 2.75) is 32.4 Å². The number of nitrogens with one attached hydrogen (secondary N) is 2. The largest absolute Gasteiger partial charge is 0.383 e. The van der Waals surface area contributed by atoms with E-state index in [2.05, 4.69) is 25.8 Å². The summed E-state index contributed by atoms with van der Waals surface area (Å²) in [6.07, 6.45) is 3.41. The first-order chi connectivity index (χ1) is 12.6. The standard InChI is InChI=1S/C16H23N7O3/c1-11-8-13(19-18-11)16(25)23-6-3-4-12(23)9-22-10-14(20-21-22)15(24)17-5-7-26-2/h8,10,12H,3-7,9H2,1-2H3,(H,17,24)(H,18,19)/t12-/m0/s1. The fourth-order valence-corrected chi connectivity index (χ4v) is 3.03. The van der Waals surface area contributed by atoms with E-state index in [1.807, 2.05) is 11.8 Å². The van der Waals surface area contributed by atoms with Gasteiger partial charge < -0.3 is 15.0 Å². The second-order valence-corrected chi connectivity index (χ2v) is 6.31. The van der Waals surface area contributed by atoms with Gasteiger partial charge in [0.15, 0.2) is 5.69 Å². The number of carbonyl (C=O) groups is 2. The van der Waals surface area contributed by atoms with Crippen molar-refractivity contribution >= 4 is 11.8 Å². The molecular weight excluding hydrogens is 338 g/mol. The van der Waals surface area contributed by atoms with Gasteiger partial charge in [-0.15, -0.1) is 5.10 Å². The Balaban J connectivity index is 1.61. The van der Waals surface area contributed by atoms with E-state index in [9.17, 15) is 9.59 Å². The van der Waals surface area contributed by atoms with Crippen molar-refractivity contribution in [3.8, 4) is 0 Å². The maximum absolute atomic E-state index is 12.6. The summed E-state index contributed by atoms with van der Waals surface area (Å²) < 4.78 is 6.50. The molecule has 2 N–H and O–H groups in total. The molecule has 10 heteroatoms. The number of aromatic nitrogens is 5. The molecular formula is C16H23N7O3. The molecule has 0 radical (unpaired) electrons. The summed E-state index contributed by atoms with van der Waals surface area (Å²) in [5.74, 6) is -0.380. The number of nitrogens with zero attached hydrogens (tertiary/aromatic N) is 5. The quantitative estimate of drug-likeness (QED) is 0.670. The molecule has 26 heavy (non-hydrogen) atoms. The number of amides is 2. The van der Waals surface area contributed by atoms with Crippen molar-refractivity contribution in [1.29, 1.82) is 0 Å². The van der Waals surface area contributed by atoms with E-state index in [1.54, 1.807) is 24.1 Å². The first-order valence-corrected chi connectivity index (χ1v) is 8.58. The van der Waals surface area contributed by atoms with Crippen LogP contribution < -0.4 is 5.32 Å². The molecule has 1 atom stereocenters. The molecule has 1 aliphatic rings. The van der Waals surface area contributed by atoms with Gasteiger partial charge in [0.2, 0.25) is 0 Å². The van der Waals surface area contributed by atoms with Crippen LogP contribution in [0.1, 0.15) is 39.5 Å². The highest BCUT2D eigenvalue weighted by Gasteiger charge is 2.31. The van der Waals surface area contributed by atoms with Gasteiger partial charge in [-0.25, -0.2) is 4.68 Å². The minimum absolute atomic E-state index is 0.00519. The van der Waals surface area contributed by atoms with Crippen LogP contribution >= 0.6 is 0 Å². The van der Waals surface area contributed by atoms with Crippen molar-refractivity contribution in [3.05, 3.63) is 29.3 Å². The van der Waals surface area contributed by atoms with Crippen molar-refractivity contribution in [2.75, 3.05) is 26.8 Å². The molecule has 0 spiro atoms. The van der Waals surface area contributed by atoms with Gasteiger partial charge in [0.05, 0.1) is 25.4 Å². The molecule has 0 unspecified atom stereocenters. The maximum atomic E-state index is 12.6. The third-order valence-corrected chi connectivity index (χ3v) is 4.32. The zero-order valence-corrected chi connectivity index (χ0v) is 14.9. The number of H-pyrrole nitrogens is 1. The molecule has 1 saturated heterocycles. The van der Waals surface area contributed by atoms with Gasteiger partial charge in [-0.05, 0) is 25.8 Å². The van der Waals surface area contributed by atoms with Gasteiger partial charge in [-0.2, -0.15) is 5.10 Å². The highest BCUT2D eigenvalue weighted by Crippen LogP contribution is 2.21. The van der Waals surface area contributed by atoms with Crippen molar-refractivity contribution in [2.24, 2.45) is 0 Å². The molecule has 3 rings (SSSR count). The lowest BCUT2D eigenvalue weighted by atomic mass is 10.2. The summed E-state index contributed by atoms with van der Waals surface area (Å²) in [5, 5.41) is 17.5. The smallest absolute Gasteiger partial charge is 0.274 e. The normalized spacial score (nSPS) is 16.8. The van der Waals surface area contributed by atoms with Gasteiger partial charge >= 0.3 is 0 Å². The molecule has 1 fully saturated rings. The van der Waals surface area contributed by atoms with E-state index in [0.29, 0.717) is 31.9 Å². The number of hydrogen-bond donors (Lipinski definition) is 2. The predicted molar refractivity (Wildman–Crippen MR) is 91.6 cm³/mol. The van der Waals surface area contributed by atoms with Crippen LogP contribution in [0.4, 0.5) is 0 Å². The third kappa shape index (κ3) is 4.07. The van der Waals surface area contributed by atoms with E-state index in [0.717, 1.165) is 18.5 Å².